The van der Waals surface area contributed by atoms with E-state index in [9.17, 15) is 9.90 Å². The van der Waals surface area contributed by atoms with Gasteiger partial charge in [0.1, 0.15) is 17.1 Å². The minimum atomic E-state index is -0.444. The lowest BCUT2D eigenvalue weighted by Crippen LogP contribution is -2.29. The molecule has 1 aliphatic rings. The van der Waals surface area contributed by atoms with E-state index in [1.165, 1.54) is 0 Å². The van der Waals surface area contributed by atoms with Gasteiger partial charge in [0.2, 0.25) is 0 Å². The van der Waals surface area contributed by atoms with E-state index in [0.29, 0.717) is 54.1 Å². The van der Waals surface area contributed by atoms with Crippen molar-refractivity contribution in [1.82, 2.24) is 15.1 Å². The molecule has 0 saturated heterocycles. The Labute approximate surface area is 235 Å². The van der Waals surface area contributed by atoms with E-state index < -0.39 is 6.04 Å². The van der Waals surface area contributed by atoms with Gasteiger partial charge in [-0.2, -0.15) is 5.10 Å². The lowest BCUT2D eigenvalue weighted by molar-refractivity contribution is 0.0729. The van der Waals surface area contributed by atoms with Gasteiger partial charge in [-0.3, -0.25) is 9.89 Å². The Morgan fingerprint density at radius 1 is 1.02 bits per heavy atom. The standard InChI is InChI=1S/C33H37N3O4/c1-6-39-27-18-24(12-13-26(27)40-15-14-20(2)3)31-28-29(25-17-21(4)16-22(5)32(25)37)34-35-30(28)33(38)36(31)19-23-10-8-7-9-11-23/h7-13,16-18,20,31,37H,6,14-15,19H2,1-5H3,(H,34,35). The lowest BCUT2D eigenvalue weighted by Gasteiger charge is -2.27. The summed E-state index contributed by atoms with van der Waals surface area (Å²) >= 11 is 0. The largest absolute Gasteiger partial charge is 0.507 e. The zero-order valence-electron chi connectivity index (χ0n) is 23.8. The first-order valence-corrected chi connectivity index (χ1v) is 13.9. The fraction of sp³-hybridized carbons (Fsp3) is 0.333. The van der Waals surface area contributed by atoms with E-state index >= 15 is 0 Å². The molecule has 7 heteroatoms. The summed E-state index contributed by atoms with van der Waals surface area (Å²) in [6, 6.07) is 19.2. The van der Waals surface area contributed by atoms with Crippen molar-refractivity contribution in [2.45, 2.75) is 53.6 Å². The number of nitrogens with one attached hydrogen (secondary N) is 1. The van der Waals surface area contributed by atoms with Crippen LogP contribution in [0.2, 0.25) is 0 Å². The van der Waals surface area contributed by atoms with Crippen molar-refractivity contribution in [2.24, 2.45) is 5.92 Å². The predicted molar refractivity (Wildman–Crippen MR) is 156 cm³/mol. The maximum absolute atomic E-state index is 13.9. The summed E-state index contributed by atoms with van der Waals surface area (Å²) in [5.74, 6) is 1.89. The molecule has 0 spiro atoms. The number of fused-ring (bicyclic) bond motifs is 1. The molecule has 5 rings (SSSR count). The van der Waals surface area contributed by atoms with Gasteiger partial charge in [-0.15, -0.1) is 0 Å². The number of carbonyl (C=O) groups excluding carboxylic acids is 1. The summed E-state index contributed by atoms with van der Waals surface area (Å²) in [5, 5.41) is 18.6. The molecule has 7 nitrogen and oxygen atoms in total. The minimum Gasteiger partial charge on any atom is -0.507 e. The van der Waals surface area contributed by atoms with Crippen LogP contribution in [-0.2, 0) is 6.54 Å². The Bertz CT molecular complexity index is 1510. The number of nitrogens with zero attached hydrogens (tertiary/aromatic N) is 2. The first-order chi connectivity index (χ1) is 19.3. The highest BCUT2D eigenvalue weighted by Crippen LogP contribution is 2.47. The molecule has 1 atom stereocenters. The predicted octanol–water partition coefficient (Wildman–Crippen LogP) is 6.97. The van der Waals surface area contributed by atoms with E-state index in [1.807, 2.05) is 86.3 Å². The second-order valence-corrected chi connectivity index (χ2v) is 10.8. The van der Waals surface area contributed by atoms with Crippen LogP contribution in [0.4, 0.5) is 0 Å². The Morgan fingerprint density at radius 2 is 1.80 bits per heavy atom. The molecule has 0 radical (unpaired) electrons. The molecule has 1 aliphatic heterocycles. The van der Waals surface area contributed by atoms with Crippen LogP contribution in [0.5, 0.6) is 17.2 Å². The number of benzene rings is 3. The van der Waals surface area contributed by atoms with Gasteiger partial charge in [-0.05, 0) is 73.6 Å². The molecule has 1 unspecified atom stereocenters. The van der Waals surface area contributed by atoms with Gasteiger partial charge < -0.3 is 19.5 Å². The van der Waals surface area contributed by atoms with E-state index in [-0.39, 0.29) is 11.7 Å². The summed E-state index contributed by atoms with van der Waals surface area (Å²) in [7, 11) is 0. The molecule has 208 valence electrons. The zero-order chi connectivity index (χ0) is 28.4. The van der Waals surface area contributed by atoms with E-state index in [4.69, 9.17) is 9.47 Å². The van der Waals surface area contributed by atoms with Crippen LogP contribution < -0.4 is 9.47 Å². The number of aryl methyl sites for hydroxylation is 2. The van der Waals surface area contributed by atoms with E-state index in [2.05, 4.69) is 24.0 Å². The van der Waals surface area contributed by atoms with Crippen LogP contribution in [0.25, 0.3) is 11.3 Å². The van der Waals surface area contributed by atoms with Gasteiger partial charge in [-0.1, -0.05) is 56.3 Å². The third-order valence-electron chi connectivity index (χ3n) is 7.30. The Hall–Kier alpha value is -4.26. The summed E-state index contributed by atoms with van der Waals surface area (Å²) in [6.07, 6.45) is 0.941. The normalized spacial score (nSPS) is 14.6. The Balaban J connectivity index is 1.63. The van der Waals surface area contributed by atoms with Gasteiger partial charge in [0.15, 0.2) is 11.5 Å². The third kappa shape index (κ3) is 5.28. The summed E-state index contributed by atoms with van der Waals surface area (Å²) < 4.78 is 12.1. The quantitative estimate of drug-likeness (QED) is 0.227. The average molecular weight is 540 g/mol. The third-order valence-corrected chi connectivity index (χ3v) is 7.30. The van der Waals surface area contributed by atoms with Crippen molar-refractivity contribution in [1.29, 1.82) is 0 Å². The highest BCUT2D eigenvalue weighted by atomic mass is 16.5. The second kappa shape index (κ2) is 11.5. The number of rotatable bonds is 10. The average Bonchev–Trinajstić information content (AvgIpc) is 3.46. The van der Waals surface area contributed by atoms with Crippen LogP contribution in [0.1, 0.15) is 71.5 Å². The number of carbonyl (C=O) groups is 1. The molecule has 4 aromatic rings. The number of amides is 1. The number of phenols is 1. The van der Waals surface area contributed by atoms with Crippen LogP contribution in [0.15, 0.2) is 60.7 Å². The van der Waals surface area contributed by atoms with Crippen molar-refractivity contribution in [2.75, 3.05) is 13.2 Å². The number of H-pyrrole nitrogens is 1. The summed E-state index contributed by atoms with van der Waals surface area (Å²) in [4.78, 5) is 15.7. The number of hydrogen-bond donors (Lipinski definition) is 2. The maximum Gasteiger partial charge on any atom is 0.273 e. The molecule has 0 bridgehead atoms. The number of ether oxygens (including phenoxy) is 2. The summed E-state index contributed by atoms with van der Waals surface area (Å²) in [6.45, 7) is 11.6. The molecular weight excluding hydrogens is 502 g/mol. The molecule has 0 aliphatic carbocycles. The number of aromatic amines is 1. The SMILES string of the molecule is CCOc1cc(C2c3c(-c4cc(C)cc(C)c4O)n[nH]c3C(=O)N2Cc2ccccc2)ccc1OCCC(C)C. The van der Waals surface area contributed by atoms with Crippen molar-refractivity contribution in [3.8, 4) is 28.5 Å². The van der Waals surface area contributed by atoms with Crippen LogP contribution in [-0.4, -0.2) is 39.3 Å². The van der Waals surface area contributed by atoms with Crippen molar-refractivity contribution >= 4 is 5.91 Å². The first-order valence-electron chi connectivity index (χ1n) is 13.9. The highest BCUT2D eigenvalue weighted by Gasteiger charge is 2.43. The maximum atomic E-state index is 13.9. The van der Waals surface area contributed by atoms with Gasteiger partial charge in [0.25, 0.3) is 5.91 Å². The first kappa shape index (κ1) is 27.3. The molecule has 2 heterocycles. The smallest absolute Gasteiger partial charge is 0.273 e. The van der Waals surface area contributed by atoms with Gasteiger partial charge in [0, 0.05) is 17.7 Å². The van der Waals surface area contributed by atoms with Crippen LogP contribution >= 0.6 is 0 Å². The highest BCUT2D eigenvalue weighted by molar-refractivity contribution is 6.00. The minimum absolute atomic E-state index is 0.137. The molecule has 1 amide bonds. The molecule has 0 fully saturated rings. The van der Waals surface area contributed by atoms with Gasteiger partial charge >= 0.3 is 0 Å². The summed E-state index contributed by atoms with van der Waals surface area (Å²) in [5.41, 5.74) is 6.03. The fourth-order valence-electron chi connectivity index (χ4n) is 5.32. The molecule has 0 saturated carbocycles. The van der Waals surface area contributed by atoms with E-state index in [0.717, 1.165) is 34.2 Å². The number of aromatic nitrogens is 2. The molecule has 2 N–H and O–H groups in total. The van der Waals surface area contributed by atoms with Gasteiger partial charge in [0.05, 0.1) is 19.3 Å². The van der Waals surface area contributed by atoms with Crippen molar-refractivity contribution < 1.29 is 19.4 Å². The molecule has 1 aromatic heterocycles. The van der Waals surface area contributed by atoms with Crippen LogP contribution in [0, 0.1) is 19.8 Å². The molecule has 40 heavy (non-hydrogen) atoms. The second-order valence-electron chi connectivity index (χ2n) is 10.8. The lowest BCUT2D eigenvalue weighted by atomic mass is 9.93. The molecule has 3 aromatic carbocycles. The van der Waals surface area contributed by atoms with Crippen LogP contribution in [0.3, 0.4) is 0 Å². The monoisotopic (exact) mass is 539 g/mol. The Kier molecular flexibility index (Phi) is 7.83. The Morgan fingerprint density at radius 3 is 2.52 bits per heavy atom. The zero-order valence-corrected chi connectivity index (χ0v) is 23.8. The fourth-order valence-corrected chi connectivity index (χ4v) is 5.32. The van der Waals surface area contributed by atoms with Gasteiger partial charge in [-0.25, -0.2) is 0 Å². The van der Waals surface area contributed by atoms with E-state index in [1.54, 1.807) is 0 Å². The van der Waals surface area contributed by atoms with Crippen molar-refractivity contribution in [3.63, 3.8) is 0 Å². The topological polar surface area (TPSA) is 87.7 Å². The number of phenolic OH excluding ortho intramolecular Hbond substituents is 1. The number of hydrogen-bond acceptors (Lipinski definition) is 5. The molecular formula is C33H37N3O4. The van der Waals surface area contributed by atoms with Crippen molar-refractivity contribution in [3.05, 3.63) is 94.2 Å². The number of aromatic hydroxyl groups is 1.